The maximum absolute atomic E-state index is 13.2. The number of ether oxygens (including phenoxy) is 2. The summed E-state index contributed by atoms with van der Waals surface area (Å²) in [6.45, 7) is 9.63. The normalized spacial score (nSPS) is 14.2. The first-order valence-electron chi connectivity index (χ1n) is 8.83. The van der Waals surface area contributed by atoms with Gasteiger partial charge >= 0.3 is 6.18 Å². The van der Waals surface area contributed by atoms with Crippen molar-refractivity contribution in [3.63, 3.8) is 0 Å². The second-order valence-electron chi connectivity index (χ2n) is 6.77. The highest BCUT2D eigenvalue weighted by atomic mass is 19.4. The summed E-state index contributed by atoms with van der Waals surface area (Å²) < 4.78 is 50.5. The number of hydrogen-bond acceptors (Lipinski definition) is 3. The molecule has 1 atom stereocenters. The Kier molecular flexibility index (Phi) is 7.93. The topological polar surface area (TPSA) is 47.6 Å². The van der Waals surface area contributed by atoms with E-state index in [0.717, 1.165) is 12.5 Å². The van der Waals surface area contributed by atoms with Crippen molar-refractivity contribution in [2.75, 3.05) is 18.5 Å². The molecule has 0 unspecified atom stereocenters. The van der Waals surface area contributed by atoms with Crippen LogP contribution in [0.5, 0.6) is 5.75 Å². The molecule has 1 amide bonds. The molecule has 0 radical (unpaired) electrons. The average molecular weight is 375 g/mol. The molecule has 148 valence electrons. The zero-order valence-corrected chi connectivity index (χ0v) is 16.0. The highest BCUT2D eigenvalue weighted by Gasteiger charge is 2.37. The molecule has 0 aliphatic carbocycles. The number of carbonyl (C=O) groups excluding carboxylic acids is 1. The second-order valence-corrected chi connectivity index (χ2v) is 6.77. The lowest BCUT2D eigenvalue weighted by atomic mass is 9.93. The van der Waals surface area contributed by atoms with E-state index >= 15 is 0 Å². The van der Waals surface area contributed by atoms with Gasteiger partial charge < -0.3 is 14.8 Å². The zero-order chi connectivity index (χ0) is 20.0. The van der Waals surface area contributed by atoms with Gasteiger partial charge in [-0.15, -0.1) is 0 Å². The van der Waals surface area contributed by atoms with E-state index in [1.54, 1.807) is 13.8 Å². The minimum atomic E-state index is -4.58. The number of rotatable bonds is 9. The van der Waals surface area contributed by atoms with E-state index in [4.69, 9.17) is 9.47 Å². The highest BCUT2D eigenvalue weighted by molar-refractivity contribution is 5.97. The van der Waals surface area contributed by atoms with E-state index < -0.39 is 23.2 Å². The summed E-state index contributed by atoms with van der Waals surface area (Å²) in [4.78, 5) is 12.7. The number of benzene rings is 1. The molecule has 0 heterocycles. The Morgan fingerprint density at radius 2 is 1.88 bits per heavy atom. The van der Waals surface area contributed by atoms with Gasteiger partial charge in [0, 0.05) is 12.3 Å². The molecule has 1 N–H and O–H groups in total. The van der Waals surface area contributed by atoms with Crippen molar-refractivity contribution in [2.45, 2.75) is 59.2 Å². The second kappa shape index (κ2) is 9.26. The van der Waals surface area contributed by atoms with Crippen LogP contribution in [-0.2, 0) is 15.7 Å². The SMILES string of the molecule is CCCO[C@@](C)(CC(C)C)C(=O)Nc1ccc(OCC)c(C(F)(F)F)c1. The number of nitrogens with one attached hydrogen (secondary N) is 1. The predicted molar refractivity (Wildman–Crippen MR) is 95.3 cm³/mol. The molecule has 0 bridgehead atoms. The van der Waals surface area contributed by atoms with Crippen molar-refractivity contribution >= 4 is 11.6 Å². The molecule has 0 aromatic heterocycles. The van der Waals surface area contributed by atoms with E-state index in [2.05, 4.69) is 5.32 Å². The Bertz CT molecular complexity index is 602. The molecule has 0 aliphatic heterocycles. The smallest absolute Gasteiger partial charge is 0.420 e. The van der Waals surface area contributed by atoms with Gasteiger partial charge in [-0.1, -0.05) is 20.8 Å². The van der Waals surface area contributed by atoms with Crippen molar-refractivity contribution < 1.29 is 27.4 Å². The summed E-state index contributed by atoms with van der Waals surface area (Å²) in [5, 5.41) is 2.56. The van der Waals surface area contributed by atoms with E-state index in [1.807, 2.05) is 20.8 Å². The Hall–Kier alpha value is -1.76. The van der Waals surface area contributed by atoms with Gasteiger partial charge in [0.25, 0.3) is 5.91 Å². The molecule has 0 aliphatic rings. The summed E-state index contributed by atoms with van der Waals surface area (Å²) in [5.74, 6) is -0.532. The predicted octanol–water partition coefficient (Wildman–Crippen LogP) is 5.27. The lowest BCUT2D eigenvalue weighted by Crippen LogP contribution is -2.44. The van der Waals surface area contributed by atoms with E-state index in [1.165, 1.54) is 12.1 Å². The first kappa shape index (κ1) is 22.3. The molecule has 4 nitrogen and oxygen atoms in total. The monoisotopic (exact) mass is 375 g/mol. The van der Waals surface area contributed by atoms with Crippen molar-refractivity contribution in [3.05, 3.63) is 23.8 Å². The molecule has 26 heavy (non-hydrogen) atoms. The molecule has 1 rings (SSSR count). The minimum Gasteiger partial charge on any atom is -0.493 e. The van der Waals surface area contributed by atoms with Gasteiger partial charge in [-0.3, -0.25) is 4.79 Å². The third-order valence-electron chi connectivity index (χ3n) is 3.75. The van der Waals surface area contributed by atoms with Crippen LogP contribution in [0.1, 0.15) is 53.0 Å². The van der Waals surface area contributed by atoms with Crippen LogP contribution in [0.2, 0.25) is 0 Å². The van der Waals surface area contributed by atoms with Crippen LogP contribution in [0.25, 0.3) is 0 Å². The number of hydrogen-bond donors (Lipinski definition) is 1. The molecule has 1 aromatic rings. The van der Waals surface area contributed by atoms with E-state index in [0.29, 0.717) is 13.0 Å². The van der Waals surface area contributed by atoms with Crippen LogP contribution < -0.4 is 10.1 Å². The van der Waals surface area contributed by atoms with Gasteiger partial charge in [-0.2, -0.15) is 13.2 Å². The van der Waals surface area contributed by atoms with Gasteiger partial charge in [0.1, 0.15) is 11.4 Å². The van der Waals surface area contributed by atoms with Crippen molar-refractivity contribution in [1.29, 1.82) is 0 Å². The third-order valence-corrected chi connectivity index (χ3v) is 3.75. The van der Waals surface area contributed by atoms with Gasteiger partial charge in [-0.25, -0.2) is 0 Å². The van der Waals surface area contributed by atoms with Gasteiger partial charge in [0.05, 0.1) is 12.2 Å². The van der Waals surface area contributed by atoms with E-state index in [-0.39, 0.29) is 24.0 Å². The van der Waals surface area contributed by atoms with Crippen LogP contribution in [-0.4, -0.2) is 24.7 Å². The van der Waals surface area contributed by atoms with Crippen LogP contribution in [0.15, 0.2) is 18.2 Å². The van der Waals surface area contributed by atoms with Crippen LogP contribution in [0, 0.1) is 5.92 Å². The number of amides is 1. The maximum atomic E-state index is 13.2. The Labute approximate surface area is 153 Å². The Morgan fingerprint density at radius 3 is 2.38 bits per heavy atom. The lowest BCUT2D eigenvalue weighted by Gasteiger charge is -2.30. The first-order valence-corrected chi connectivity index (χ1v) is 8.83. The number of halogens is 3. The van der Waals surface area contributed by atoms with Gasteiger partial charge in [0.2, 0.25) is 0 Å². The largest absolute Gasteiger partial charge is 0.493 e. The number of anilines is 1. The summed E-state index contributed by atoms with van der Waals surface area (Å²) in [7, 11) is 0. The van der Waals surface area contributed by atoms with Crippen molar-refractivity contribution in [3.8, 4) is 5.75 Å². The highest BCUT2D eigenvalue weighted by Crippen LogP contribution is 2.38. The fourth-order valence-electron chi connectivity index (χ4n) is 2.70. The standard InChI is InChI=1S/C19H28F3NO3/c1-6-10-26-18(5,12-13(3)4)17(24)23-14-8-9-16(25-7-2)15(11-14)19(20,21)22/h8-9,11,13H,6-7,10,12H2,1-5H3,(H,23,24)/t18-/m0/s1. The van der Waals surface area contributed by atoms with Crippen LogP contribution in [0.4, 0.5) is 18.9 Å². The van der Waals surface area contributed by atoms with Crippen LogP contribution >= 0.6 is 0 Å². The lowest BCUT2D eigenvalue weighted by molar-refractivity contribution is -0.141. The molecule has 0 spiro atoms. The summed E-state index contributed by atoms with van der Waals surface area (Å²) in [5.41, 5.74) is -1.97. The first-order chi connectivity index (χ1) is 12.0. The summed E-state index contributed by atoms with van der Waals surface area (Å²) in [6, 6.07) is 3.50. The maximum Gasteiger partial charge on any atom is 0.420 e. The fraction of sp³-hybridized carbons (Fsp3) is 0.632. The fourth-order valence-corrected chi connectivity index (χ4v) is 2.70. The summed E-state index contributed by atoms with van der Waals surface area (Å²) >= 11 is 0. The molecular weight excluding hydrogens is 347 g/mol. The summed E-state index contributed by atoms with van der Waals surface area (Å²) in [6.07, 6.45) is -3.38. The Balaban J connectivity index is 3.09. The van der Waals surface area contributed by atoms with Crippen LogP contribution in [0.3, 0.4) is 0 Å². The minimum absolute atomic E-state index is 0.0563. The molecule has 0 saturated carbocycles. The number of carbonyl (C=O) groups is 1. The van der Waals surface area contributed by atoms with Gasteiger partial charge in [0.15, 0.2) is 0 Å². The zero-order valence-electron chi connectivity index (χ0n) is 16.0. The molecular formula is C19H28F3NO3. The molecule has 0 fully saturated rings. The average Bonchev–Trinajstić information content (AvgIpc) is 2.53. The van der Waals surface area contributed by atoms with Crippen molar-refractivity contribution in [2.24, 2.45) is 5.92 Å². The van der Waals surface area contributed by atoms with Gasteiger partial charge in [-0.05, 0) is 50.8 Å². The van der Waals surface area contributed by atoms with E-state index in [9.17, 15) is 18.0 Å². The number of alkyl halides is 3. The Morgan fingerprint density at radius 1 is 1.23 bits per heavy atom. The van der Waals surface area contributed by atoms with Crippen molar-refractivity contribution in [1.82, 2.24) is 0 Å². The molecule has 0 saturated heterocycles. The quantitative estimate of drug-likeness (QED) is 0.639. The molecule has 7 heteroatoms. The third kappa shape index (κ3) is 6.20. The molecule has 1 aromatic carbocycles.